The smallest absolute Gasteiger partial charge is 0.230 e. The number of fused-ring (bicyclic) bond motifs is 2. The van der Waals surface area contributed by atoms with Crippen LogP contribution in [0.25, 0.3) is 11.4 Å². The van der Waals surface area contributed by atoms with Gasteiger partial charge in [-0.1, -0.05) is 49.3 Å². The van der Waals surface area contributed by atoms with E-state index in [9.17, 15) is 13.2 Å². The number of carbonyl (C=O) groups is 1. The minimum absolute atomic E-state index is 0.0499. The number of sulfonamides is 1. The van der Waals surface area contributed by atoms with Crippen molar-refractivity contribution in [2.24, 2.45) is 16.7 Å². The summed E-state index contributed by atoms with van der Waals surface area (Å²) in [4.78, 5) is 17.3. The molecule has 2 aromatic rings. The van der Waals surface area contributed by atoms with E-state index in [0.29, 0.717) is 56.4 Å². The highest BCUT2D eigenvalue weighted by atomic mass is 32.2. The fourth-order valence-corrected chi connectivity index (χ4v) is 8.25. The van der Waals surface area contributed by atoms with Gasteiger partial charge in [0.2, 0.25) is 21.7 Å². The topological polar surface area (TPSA) is 93.4 Å². The van der Waals surface area contributed by atoms with Gasteiger partial charge < -0.3 is 4.52 Å². The Morgan fingerprint density at radius 2 is 1.84 bits per heavy atom. The van der Waals surface area contributed by atoms with Crippen LogP contribution >= 0.6 is 0 Å². The summed E-state index contributed by atoms with van der Waals surface area (Å²) in [6, 6.07) is 9.66. The molecule has 0 N–H and O–H groups in total. The van der Waals surface area contributed by atoms with Gasteiger partial charge in [0.1, 0.15) is 5.78 Å². The normalized spacial score (nSPS) is 29.0. The molecule has 3 fully saturated rings. The molecule has 166 valence electrons. The molecular formula is C23H29N3O4S. The van der Waals surface area contributed by atoms with Crippen LogP contribution in [0.5, 0.6) is 0 Å². The molecule has 2 unspecified atom stereocenters. The summed E-state index contributed by atoms with van der Waals surface area (Å²) in [5.41, 5.74) is -0.0622. The highest BCUT2D eigenvalue weighted by Gasteiger charge is 2.65. The van der Waals surface area contributed by atoms with Crippen molar-refractivity contribution in [3.05, 3.63) is 36.2 Å². The predicted octanol–water partition coefficient (Wildman–Crippen LogP) is 3.64. The molecule has 1 saturated heterocycles. The second-order valence-corrected chi connectivity index (χ2v) is 11.9. The molecule has 8 heteroatoms. The van der Waals surface area contributed by atoms with Crippen LogP contribution in [0.3, 0.4) is 0 Å². The van der Waals surface area contributed by atoms with E-state index < -0.39 is 15.4 Å². The fraction of sp³-hybridized carbons (Fsp3) is 0.609. The van der Waals surface area contributed by atoms with E-state index in [1.807, 2.05) is 30.3 Å². The van der Waals surface area contributed by atoms with Crippen LogP contribution in [0, 0.1) is 16.7 Å². The maximum atomic E-state index is 13.3. The molecule has 2 bridgehead atoms. The van der Waals surface area contributed by atoms with E-state index in [1.165, 1.54) is 0 Å². The van der Waals surface area contributed by atoms with E-state index >= 15 is 0 Å². The highest BCUT2D eigenvalue weighted by Crippen LogP contribution is 2.64. The van der Waals surface area contributed by atoms with Crippen molar-refractivity contribution in [1.29, 1.82) is 0 Å². The zero-order valence-corrected chi connectivity index (χ0v) is 18.9. The molecule has 1 aromatic heterocycles. The zero-order chi connectivity index (χ0) is 21.9. The Morgan fingerprint density at radius 1 is 1.13 bits per heavy atom. The van der Waals surface area contributed by atoms with Gasteiger partial charge in [-0.05, 0) is 37.0 Å². The first-order chi connectivity index (χ1) is 14.7. The summed E-state index contributed by atoms with van der Waals surface area (Å²) in [6.07, 6.45) is 3.47. The van der Waals surface area contributed by atoms with E-state index in [4.69, 9.17) is 4.52 Å². The first-order valence-corrected chi connectivity index (χ1v) is 12.7. The Balaban J connectivity index is 1.26. The van der Waals surface area contributed by atoms with Crippen LogP contribution in [0.2, 0.25) is 0 Å². The number of benzene rings is 1. The van der Waals surface area contributed by atoms with E-state index in [2.05, 4.69) is 24.0 Å². The predicted molar refractivity (Wildman–Crippen MR) is 116 cm³/mol. The first kappa shape index (κ1) is 20.8. The van der Waals surface area contributed by atoms with Gasteiger partial charge in [-0.2, -0.15) is 4.98 Å². The maximum Gasteiger partial charge on any atom is 0.230 e. The Bertz CT molecular complexity index is 1090. The molecule has 0 amide bonds. The van der Waals surface area contributed by atoms with Gasteiger partial charge in [0.25, 0.3) is 0 Å². The van der Waals surface area contributed by atoms with Crippen molar-refractivity contribution in [1.82, 2.24) is 14.4 Å². The number of carbonyl (C=O) groups excluding carboxylic acids is 1. The molecule has 7 nitrogen and oxygen atoms in total. The second-order valence-electron chi connectivity index (χ2n) is 9.92. The van der Waals surface area contributed by atoms with Gasteiger partial charge in [0.05, 0.1) is 5.75 Å². The minimum Gasteiger partial charge on any atom is -0.339 e. The molecule has 0 spiro atoms. The second kappa shape index (κ2) is 7.24. The van der Waals surface area contributed by atoms with E-state index in [1.54, 1.807) is 4.31 Å². The molecule has 0 radical (unpaired) electrons. The number of rotatable bonds is 5. The van der Waals surface area contributed by atoms with Crippen molar-refractivity contribution in [3.63, 3.8) is 0 Å². The van der Waals surface area contributed by atoms with Gasteiger partial charge in [-0.25, -0.2) is 12.7 Å². The average Bonchev–Trinajstić information content (AvgIpc) is 3.38. The number of hydrogen-bond acceptors (Lipinski definition) is 6. The van der Waals surface area contributed by atoms with Crippen molar-refractivity contribution in [3.8, 4) is 11.4 Å². The van der Waals surface area contributed by atoms with Crippen LogP contribution in [-0.2, 0) is 14.8 Å². The summed E-state index contributed by atoms with van der Waals surface area (Å²) in [7, 11) is -3.51. The molecule has 2 aliphatic carbocycles. The standard InChI is InChI=1S/C23H29N3O4S/c1-22(2)18-8-11-23(22,19(27)14-18)15-31(28,29)26-12-9-17(10-13-26)21-24-20(25-30-21)16-6-4-3-5-7-16/h3-7,17-18H,8-15H2,1-2H3. The largest absolute Gasteiger partial charge is 0.339 e. The third-order valence-corrected chi connectivity index (χ3v) is 10.2. The van der Waals surface area contributed by atoms with Crippen molar-refractivity contribution >= 4 is 15.8 Å². The number of nitrogens with zero attached hydrogens (tertiary/aromatic N) is 3. The molecule has 2 saturated carbocycles. The average molecular weight is 444 g/mol. The van der Waals surface area contributed by atoms with Crippen molar-refractivity contribution < 1.29 is 17.7 Å². The van der Waals surface area contributed by atoms with Gasteiger partial charge in [0, 0.05) is 36.4 Å². The zero-order valence-electron chi connectivity index (χ0n) is 18.1. The summed E-state index contributed by atoms with van der Waals surface area (Å²) < 4.78 is 33.7. The lowest BCUT2D eigenvalue weighted by atomic mass is 9.70. The third-order valence-electron chi connectivity index (χ3n) is 8.24. The fourth-order valence-electron chi connectivity index (χ4n) is 6.00. The summed E-state index contributed by atoms with van der Waals surface area (Å²) in [5.74, 6) is 1.59. The van der Waals surface area contributed by atoms with Crippen LogP contribution in [0.4, 0.5) is 0 Å². The molecule has 2 heterocycles. The van der Waals surface area contributed by atoms with Gasteiger partial charge >= 0.3 is 0 Å². The van der Waals surface area contributed by atoms with Gasteiger partial charge in [-0.3, -0.25) is 4.79 Å². The monoisotopic (exact) mass is 443 g/mol. The van der Waals surface area contributed by atoms with Gasteiger partial charge in [-0.15, -0.1) is 0 Å². The Morgan fingerprint density at radius 3 is 2.45 bits per heavy atom. The maximum absolute atomic E-state index is 13.3. The number of piperidine rings is 1. The molecular weight excluding hydrogens is 414 g/mol. The Hall–Kier alpha value is -2.06. The van der Waals surface area contributed by atoms with Crippen molar-refractivity contribution in [2.45, 2.75) is 51.9 Å². The lowest BCUT2D eigenvalue weighted by Gasteiger charge is -2.38. The van der Waals surface area contributed by atoms with E-state index in [0.717, 1.165) is 12.0 Å². The molecule has 2 atom stereocenters. The number of Topliss-reactive ketones (excluding diaryl/α,β-unsaturated/α-hetero) is 1. The molecule has 1 aliphatic heterocycles. The third kappa shape index (κ3) is 3.26. The minimum atomic E-state index is -3.51. The number of aromatic nitrogens is 2. The van der Waals surface area contributed by atoms with Crippen LogP contribution in [-0.4, -0.2) is 47.5 Å². The van der Waals surface area contributed by atoms with Crippen LogP contribution in [0.1, 0.15) is 57.8 Å². The lowest BCUT2D eigenvalue weighted by molar-refractivity contribution is -0.128. The number of hydrogen-bond donors (Lipinski definition) is 0. The highest BCUT2D eigenvalue weighted by molar-refractivity contribution is 7.89. The van der Waals surface area contributed by atoms with E-state index in [-0.39, 0.29) is 22.9 Å². The summed E-state index contributed by atoms with van der Waals surface area (Å²) in [6.45, 7) is 5.00. The lowest BCUT2D eigenvalue weighted by Crippen LogP contribution is -2.48. The molecule has 5 rings (SSSR count). The Kier molecular flexibility index (Phi) is 4.86. The van der Waals surface area contributed by atoms with Crippen molar-refractivity contribution in [2.75, 3.05) is 18.8 Å². The quantitative estimate of drug-likeness (QED) is 0.700. The molecule has 1 aromatic carbocycles. The number of ketones is 1. The van der Waals surface area contributed by atoms with Crippen LogP contribution in [0.15, 0.2) is 34.9 Å². The SMILES string of the molecule is CC1(C)C2CCC1(CS(=O)(=O)N1CCC(c3nc(-c4ccccc4)no3)CC1)C(=O)C2. The Labute approximate surface area is 183 Å². The molecule has 31 heavy (non-hydrogen) atoms. The summed E-state index contributed by atoms with van der Waals surface area (Å²) >= 11 is 0. The van der Waals surface area contributed by atoms with Gasteiger partial charge in [0.15, 0.2) is 0 Å². The van der Waals surface area contributed by atoms with Crippen LogP contribution < -0.4 is 0 Å². The first-order valence-electron chi connectivity index (χ1n) is 11.1. The summed E-state index contributed by atoms with van der Waals surface area (Å²) in [5, 5.41) is 4.09. The molecule has 3 aliphatic rings.